The zero-order chi connectivity index (χ0) is 11.1. The topological polar surface area (TPSA) is 54.9 Å². The number of rotatable bonds is 6. The lowest BCUT2D eigenvalue weighted by atomic mass is 10.3. The number of aryl methyl sites for hydroxylation is 1. The predicted octanol–water partition coefficient (Wildman–Crippen LogP) is 2.45. The molecular weight excluding hydrogens is 234 g/mol. The third kappa shape index (κ3) is 4.57. The molecule has 6 heteroatoms. The van der Waals surface area contributed by atoms with Crippen LogP contribution in [0.1, 0.15) is 31.2 Å². The highest BCUT2D eigenvalue weighted by molar-refractivity contribution is 7.15. The van der Waals surface area contributed by atoms with Crippen LogP contribution in [0.5, 0.6) is 0 Å². The smallest absolute Gasteiger partial charge is 0.226 e. The Balaban J connectivity index is 2.39. The Bertz CT molecular complexity index is 316. The van der Waals surface area contributed by atoms with Crippen molar-refractivity contribution in [1.82, 2.24) is 10.2 Å². The van der Waals surface area contributed by atoms with Crippen molar-refractivity contribution in [2.24, 2.45) is 0 Å². The van der Waals surface area contributed by atoms with E-state index in [0.717, 1.165) is 17.8 Å². The van der Waals surface area contributed by atoms with Gasteiger partial charge < -0.3 is 5.32 Å². The van der Waals surface area contributed by atoms with Crippen molar-refractivity contribution in [3.05, 3.63) is 5.01 Å². The minimum atomic E-state index is -0.0464. The number of carbonyl (C=O) groups excluding carboxylic acids is 1. The maximum atomic E-state index is 11.3. The van der Waals surface area contributed by atoms with Gasteiger partial charge >= 0.3 is 0 Å². The van der Waals surface area contributed by atoms with Gasteiger partial charge in [0.15, 0.2) is 0 Å². The van der Waals surface area contributed by atoms with Crippen LogP contribution in [0, 0.1) is 0 Å². The molecule has 1 rings (SSSR count). The van der Waals surface area contributed by atoms with Gasteiger partial charge in [0.25, 0.3) is 0 Å². The maximum Gasteiger partial charge on any atom is 0.226 e. The van der Waals surface area contributed by atoms with Gasteiger partial charge in [0.1, 0.15) is 5.01 Å². The van der Waals surface area contributed by atoms with E-state index < -0.39 is 0 Å². The zero-order valence-corrected chi connectivity index (χ0v) is 10.2. The van der Waals surface area contributed by atoms with Crippen molar-refractivity contribution in [3.63, 3.8) is 0 Å². The number of nitrogens with one attached hydrogen (secondary N) is 1. The molecule has 1 amide bonds. The van der Waals surface area contributed by atoms with E-state index in [-0.39, 0.29) is 5.91 Å². The number of alkyl halides is 1. The molecule has 0 atom stereocenters. The quantitative estimate of drug-likeness (QED) is 0.786. The van der Waals surface area contributed by atoms with Crippen molar-refractivity contribution in [3.8, 4) is 0 Å². The van der Waals surface area contributed by atoms with Crippen LogP contribution in [0.3, 0.4) is 0 Å². The highest BCUT2D eigenvalue weighted by Gasteiger charge is 2.06. The Morgan fingerprint density at radius 2 is 2.33 bits per heavy atom. The highest BCUT2D eigenvalue weighted by atomic mass is 35.5. The Morgan fingerprint density at radius 1 is 1.53 bits per heavy atom. The molecule has 0 saturated heterocycles. The summed E-state index contributed by atoms with van der Waals surface area (Å²) in [5, 5.41) is 12.1. The van der Waals surface area contributed by atoms with Crippen LogP contribution >= 0.6 is 22.9 Å². The molecule has 1 aromatic heterocycles. The van der Waals surface area contributed by atoms with Gasteiger partial charge in [-0.2, -0.15) is 0 Å². The van der Waals surface area contributed by atoms with E-state index in [1.54, 1.807) is 0 Å². The number of carbonyl (C=O) groups is 1. The SMILES string of the molecule is CCCc1nnc(NC(=O)CCCCl)s1. The summed E-state index contributed by atoms with van der Waals surface area (Å²) in [6, 6.07) is 0. The predicted molar refractivity (Wildman–Crippen MR) is 62.5 cm³/mol. The number of nitrogens with zero attached hydrogens (tertiary/aromatic N) is 2. The van der Waals surface area contributed by atoms with Gasteiger partial charge in [-0.1, -0.05) is 18.3 Å². The van der Waals surface area contributed by atoms with E-state index in [2.05, 4.69) is 22.4 Å². The zero-order valence-electron chi connectivity index (χ0n) is 8.62. The molecule has 0 aliphatic heterocycles. The average Bonchev–Trinajstić information content (AvgIpc) is 2.63. The standard InChI is InChI=1S/C9H14ClN3OS/c1-2-4-8-12-13-9(15-8)11-7(14)5-3-6-10/h2-6H2,1H3,(H,11,13,14). The Morgan fingerprint density at radius 3 is 3.00 bits per heavy atom. The van der Waals surface area contributed by atoms with Crippen molar-refractivity contribution >= 4 is 34.0 Å². The van der Waals surface area contributed by atoms with Gasteiger partial charge in [0.05, 0.1) is 0 Å². The molecule has 1 N–H and O–H groups in total. The molecule has 84 valence electrons. The van der Waals surface area contributed by atoms with Crippen molar-refractivity contribution in [1.29, 1.82) is 0 Å². The minimum absolute atomic E-state index is 0.0464. The summed E-state index contributed by atoms with van der Waals surface area (Å²) in [6.07, 6.45) is 3.07. The second-order valence-corrected chi connectivity index (χ2v) is 4.53. The van der Waals surface area contributed by atoms with Gasteiger partial charge in [-0.3, -0.25) is 4.79 Å². The molecule has 15 heavy (non-hydrogen) atoms. The molecule has 0 bridgehead atoms. The number of amides is 1. The Labute approximate surface area is 98.0 Å². The molecule has 0 aliphatic rings. The van der Waals surface area contributed by atoms with Crippen LogP contribution in [-0.2, 0) is 11.2 Å². The molecule has 0 aromatic carbocycles. The first-order valence-corrected chi connectivity index (χ1v) is 6.29. The monoisotopic (exact) mass is 247 g/mol. The summed E-state index contributed by atoms with van der Waals surface area (Å²) in [7, 11) is 0. The van der Waals surface area contributed by atoms with Gasteiger partial charge in [-0.15, -0.1) is 21.8 Å². The normalized spacial score (nSPS) is 10.3. The fourth-order valence-electron chi connectivity index (χ4n) is 1.03. The van der Waals surface area contributed by atoms with Crippen molar-refractivity contribution in [2.75, 3.05) is 11.2 Å². The van der Waals surface area contributed by atoms with Crippen molar-refractivity contribution < 1.29 is 4.79 Å². The fourth-order valence-corrected chi connectivity index (χ4v) is 2.02. The van der Waals surface area contributed by atoms with E-state index in [0.29, 0.717) is 23.9 Å². The Kier molecular flexibility index (Phi) is 5.57. The van der Waals surface area contributed by atoms with E-state index in [1.165, 1.54) is 11.3 Å². The van der Waals surface area contributed by atoms with Gasteiger partial charge in [-0.05, 0) is 12.8 Å². The van der Waals surface area contributed by atoms with Crippen LogP contribution in [-0.4, -0.2) is 22.0 Å². The summed E-state index contributed by atoms with van der Waals surface area (Å²) in [5.41, 5.74) is 0. The van der Waals surface area contributed by atoms with E-state index in [4.69, 9.17) is 11.6 Å². The summed E-state index contributed by atoms with van der Waals surface area (Å²) in [5.74, 6) is 0.458. The first-order valence-electron chi connectivity index (χ1n) is 4.94. The van der Waals surface area contributed by atoms with E-state index in [1.807, 2.05) is 0 Å². The molecule has 0 unspecified atom stereocenters. The number of halogens is 1. The van der Waals surface area contributed by atoms with Crippen LogP contribution < -0.4 is 5.32 Å². The molecule has 0 aliphatic carbocycles. The minimum Gasteiger partial charge on any atom is -0.301 e. The first kappa shape index (κ1) is 12.4. The largest absolute Gasteiger partial charge is 0.301 e. The van der Waals surface area contributed by atoms with Crippen LogP contribution in [0.4, 0.5) is 5.13 Å². The number of hydrogen-bond donors (Lipinski definition) is 1. The molecule has 0 fully saturated rings. The Hall–Kier alpha value is -0.680. The molecule has 0 saturated carbocycles. The number of hydrogen-bond acceptors (Lipinski definition) is 4. The van der Waals surface area contributed by atoms with E-state index >= 15 is 0 Å². The third-order valence-electron chi connectivity index (χ3n) is 1.71. The van der Waals surface area contributed by atoms with E-state index in [9.17, 15) is 4.79 Å². The summed E-state index contributed by atoms with van der Waals surface area (Å²) in [6.45, 7) is 2.08. The van der Waals surface area contributed by atoms with Gasteiger partial charge in [0.2, 0.25) is 11.0 Å². The molecule has 0 spiro atoms. The second-order valence-electron chi connectivity index (χ2n) is 3.09. The average molecular weight is 248 g/mol. The summed E-state index contributed by atoms with van der Waals surface area (Å²) in [4.78, 5) is 11.3. The third-order valence-corrected chi connectivity index (χ3v) is 2.88. The molecule has 1 heterocycles. The fraction of sp³-hybridized carbons (Fsp3) is 0.667. The number of aromatic nitrogens is 2. The maximum absolute atomic E-state index is 11.3. The number of anilines is 1. The molecule has 1 aromatic rings. The van der Waals surface area contributed by atoms with Crippen LogP contribution in [0.25, 0.3) is 0 Å². The molecule has 4 nitrogen and oxygen atoms in total. The van der Waals surface area contributed by atoms with Crippen LogP contribution in [0.15, 0.2) is 0 Å². The summed E-state index contributed by atoms with van der Waals surface area (Å²) >= 11 is 6.92. The van der Waals surface area contributed by atoms with Gasteiger partial charge in [-0.25, -0.2) is 0 Å². The lowest BCUT2D eigenvalue weighted by Crippen LogP contribution is -2.10. The first-order chi connectivity index (χ1) is 7.26. The van der Waals surface area contributed by atoms with Crippen molar-refractivity contribution in [2.45, 2.75) is 32.6 Å². The molecular formula is C9H14ClN3OS. The highest BCUT2D eigenvalue weighted by Crippen LogP contribution is 2.16. The van der Waals surface area contributed by atoms with Crippen LogP contribution in [0.2, 0.25) is 0 Å². The summed E-state index contributed by atoms with van der Waals surface area (Å²) < 4.78 is 0. The molecule has 0 radical (unpaired) electrons. The van der Waals surface area contributed by atoms with Gasteiger partial charge in [0, 0.05) is 18.7 Å². The lowest BCUT2D eigenvalue weighted by Gasteiger charge is -1.97. The lowest BCUT2D eigenvalue weighted by molar-refractivity contribution is -0.116. The second kappa shape index (κ2) is 6.74.